The fraction of sp³-hybridized carbons (Fsp3) is 0.333. The minimum absolute atomic E-state index is 0.0359. The van der Waals surface area contributed by atoms with Crippen LogP contribution in [0.3, 0.4) is 0 Å². The molecule has 0 bridgehead atoms. The average molecular weight is 398 g/mol. The normalized spacial score (nSPS) is 18.4. The van der Waals surface area contributed by atoms with Crippen LogP contribution in [0.25, 0.3) is 0 Å². The maximum Gasteiger partial charge on any atom is 0.404 e. The van der Waals surface area contributed by atoms with Crippen molar-refractivity contribution in [2.75, 3.05) is 36.2 Å². The molecule has 1 aliphatic rings. The lowest BCUT2D eigenvalue weighted by Crippen LogP contribution is -2.39. The van der Waals surface area contributed by atoms with Crippen LogP contribution in [-0.2, 0) is 9.47 Å². The summed E-state index contributed by atoms with van der Waals surface area (Å²) < 4.78 is 10.5. The highest BCUT2D eigenvalue weighted by molar-refractivity contribution is 6.05. The summed E-state index contributed by atoms with van der Waals surface area (Å²) in [5, 5.41) is 2.82. The van der Waals surface area contributed by atoms with Gasteiger partial charge >= 0.3 is 6.09 Å². The zero-order valence-electron chi connectivity index (χ0n) is 16.3. The van der Waals surface area contributed by atoms with Gasteiger partial charge in [-0.3, -0.25) is 4.79 Å². The van der Waals surface area contributed by atoms with Crippen molar-refractivity contribution in [1.82, 2.24) is 0 Å². The summed E-state index contributed by atoms with van der Waals surface area (Å²) in [5.41, 5.74) is 13.6. The molecule has 3 rings (SSSR count). The summed E-state index contributed by atoms with van der Waals surface area (Å²) in [6.45, 7) is 1.26. The van der Waals surface area contributed by atoms with Gasteiger partial charge in [-0.1, -0.05) is 12.1 Å². The molecule has 0 spiro atoms. The van der Waals surface area contributed by atoms with Crippen LogP contribution in [0.15, 0.2) is 48.5 Å². The largest absolute Gasteiger partial charge is 0.444 e. The Bertz CT molecular complexity index is 856. The minimum atomic E-state index is -0.772. The molecular formula is C21H26N4O4. The Hall–Kier alpha value is -3.26. The maximum atomic E-state index is 12.5. The average Bonchev–Trinajstić information content (AvgIpc) is 3.09. The first-order valence-corrected chi connectivity index (χ1v) is 9.47. The van der Waals surface area contributed by atoms with Crippen LogP contribution in [0.1, 0.15) is 23.2 Å². The second-order valence-corrected chi connectivity index (χ2v) is 6.89. The number of ether oxygens (including phenoxy) is 2. The number of rotatable bonds is 7. The van der Waals surface area contributed by atoms with Crippen molar-refractivity contribution < 1.29 is 19.1 Å². The Kier molecular flexibility index (Phi) is 6.56. The van der Waals surface area contributed by atoms with Crippen LogP contribution in [-0.4, -0.2) is 44.4 Å². The van der Waals surface area contributed by atoms with Crippen LogP contribution in [0.5, 0.6) is 0 Å². The van der Waals surface area contributed by atoms with E-state index in [0.29, 0.717) is 36.4 Å². The summed E-state index contributed by atoms with van der Waals surface area (Å²) in [6.07, 6.45) is 0.328. The van der Waals surface area contributed by atoms with Crippen LogP contribution in [0, 0.1) is 0 Å². The third-order valence-electron chi connectivity index (χ3n) is 5.04. The molecule has 1 saturated heterocycles. The molecule has 1 unspecified atom stereocenters. The zero-order valence-corrected chi connectivity index (χ0v) is 16.3. The number of amides is 2. The van der Waals surface area contributed by atoms with E-state index in [1.165, 1.54) is 0 Å². The molecule has 1 heterocycles. The molecule has 0 radical (unpaired) electrons. The van der Waals surface area contributed by atoms with Gasteiger partial charge in [-0.15, -0.1) is 0 Å². The van der Waals surface area contributed by atoms with E-state index >= 15 is 0 Å². The molecule has 0 aromatic heterocycles. The fourth-order valence-electron chi connectivity index (χ4n) is 3.62. The Morgan fingerprint density at radius 3 is 2.55 bits per heavy atom. The molecule has 2 atom stereocenters. The molecule has 0 saturated carbocycles. The van der Waals surface area contributed by atoms with Gasteiger partial charge in [-0.25, -0.2) is 4.79 Å². The summed E-state index contributed by atoms with van der Waals surface area (Å²) in [4.78, 5) is 25.9. The predicted molar refractivity (Wildman–Crippen MR) is 112 cm³/mol. The number of carbonyl (C=O) groups is 2. The number of nitrogens with two attached hydrogens (primary N) is 2. The lowest BCUT2D eigenvalue weighted by atomic mass is 10.1. The highest BCUT2D eigenvalue weighted by atomic mass is 16.6. The number of nitrogens with zero attached hydrogens (tertiary/aromatic N) is 1. The number of hydrogen-bond donors (Lipinski definition) is 3. The van der Waals surface area contributed by atoms with Crippen molar-refractivity contribution in [2.45, 2.75) is 25.0 Å². The third kappa shape index (κ3) is 4.97. The van der Waals surface area contributed by atoms with Gasteiger partial charge in [0.1, 0.15) is 6.10 Å². The van der Waals surface area contributed by atoms with E-state index in [2.05, 4.69) is 10.2 Å². The highest BCUT2D eigenvalue weighted by Gasteiger charge is 2.36. The molecular weight excluding hydrogens is 372 g/mol. The molecule has 1 fully saturated rings. The first-order chi connectivity index (χ1) is 14.0. The summed E-state index contributed by atoms with van der Waals surface area (Å²) in [6, 6.07) is 14.4. The predicted octanol–water partition coefficient (Wildman–Crippen LogP) is 2.60. The summed E-state index contributed by atoms with van der Waals surface area (Å²) in [7, 11) is 1.64. The fourth-order valence-corrected chi connectivity index (χ4v) is 3.62. The standard InChI is InChI=1S/C21H26N4O4/c1-28-13-11-18-19(29-21(23)27)10-12-25(18)15-8-6-14(7-9-15)20(26)24-17-5-3-2-4-16(17)22/h2-9,18-19H,10-13,22H2,1H3,(H2,23,27)(H,24,26)/t18?,19-/m0/s1. The van der Waals surface area contributed by atoms with Crippen molar-refractivity contribution in [3.8, 4) is 0 Å². The van der Waals surface area contributed by atoms with E-state index in [1.54, 1.807) is 31.4 Å². The van der Waals surface area contributed by atoms with Gasteiger partial charge in [0.2, 0.25) is 0 Å². The Labute approximate surface area is 169 Å². The molecule has 0 aliphatic carbocycles. The van der Waals surface area contributed by atoms with Crippen molar-refractivity contribution in [3.05, 3.63) is 54.1 Å². The number of benzene rings is 2. The molecule has 29 heavy (non-hydrogen) atoms. The lowest BCUT2D eigenvalue weighted by Gasteiger charge is -2.29. The van der Waals surface area contributed by atoms with E-state index in [9.17, 15) is 9.59 Å². The third-order valence-corrected chi connectivity index (χ3v) is 5.04. The van der Waals surface area contributed by atoms with Gasteiger partial charge in [0.25, 0.3) is 5.91 Å². The molecule has 8 heteroatoms. The smallest absolute Gasteiger partial charge is 0.404 e. The number of methoxy groups -OCH3 is 1. The first kappa shape index (κ1) is 20.5. The number of anilines is 3. The quantitative estimate of drug-likeness (QED) is 0.617. The van der Waals surface area contributed by atoms with E-state index in [0.717, 1.165) is 12.2 Å². The van der Waals surface area contributed by atoms with Crippen LogP contribution in [0.2, 0.25) is 0 Å². The van der Waals surface area contributed by atoms with Gasteiger partial charge in [-0.2, -0.15) is 0 Å². The van der Waals surface area contributed by atoms with E-state index in [1.807, 2.05) is 24.3 Å². The second kappa shape index (κ2) is 9.29. The number of nitrogens with one attached hydrogen (secondary N) is 1. The maximum absolute atomic E-state index is 12.5. The monoisotopic (exact) mass is 398 g/mol. The molecule has 5 N–H and O–H groups in total. The van der Waals surface area contributed by atoms with Crippen molar-refractivity contribution >= 4 is 29.1 Å². The van der Waals surface area contributed by atoms with E-state index in [4.69, 9.17) is 20.9 Å². The van der Waals surface area contributed by atoms with E-state index < -0.39 is 6.09 Å². The van der Waals surface area contributed by atoms with Crippen molar-refractivity contribution in [3.63, 3.8) is 0 Å². The molecule has 8 nitrogen and oxygen atoms in total. The molecule has 2 aromatic carbocycles. The molecule has 1 aliphatic heterocycles. The van der Waals surface area contributed by atoms with Gasteiger partial charge in [0, 0.05) is 37.9 Å². The molecule has 2 amide bonds. The second-order valence-electron chi connectivity index (χ2n) is 6.89. The summed E-state index contributed by atoms with van der Waals surface area (Å²) >= 11 is 0. The van der Waals surface area contributed by atoms with Gasteiger partial charge in [0.15, 0.2) is 0 Å². The van der Waals surface area contributed by atoms with Crippen molar-refractivity contribution in [1.29, 1.82) is 0 Å². The lowest BCUT2D eigenvalue weighted by molar-refractivity contribution is 0.0902. The highest BCUT2D eigenvalue weighted by Crippen LogP contribution is 2.30. The number of carbonyl (C=O) groups excluding carboxylic acids is 2. The minimum Gasteiger partial charge on any atom is -0.444 e. The number of para-hydroxylation sites is 2. The Balaban J connectivity index is 1.72. The molecule has 2 aromatic rings. The van der Waals surface area contributed by atoms with Crippen LogP contribution < -0.4 is 21.7 Å². The number of hydrogen-bond acceptors (Lipinski definition) is 6. The van der Waals surface area contributed by atoms with Crippen molar-refractivity contribution in [2.24, 2.45) is 5.73 Å². The zero-order chi connectivity index (χ0) is 20.8. The first-order valence-electron chi connectivity index (χ1n) is 9.47. The van der Waals surface area contributed by atoms with Gasteiger partial charge in [-0.05, 0) is 42.8 Å². The Morgan fingerprint density at radius 2 is 1.90 bits per heavy atom. The SMILES string of the molecule is COCCC1[C@@H](OC(N)=O)CCN1c1ccc(C(=O)Nc2ccccc2N)cc1. The van der Waals surface area contributed by atoms with Gasteiger partial charge < -0.3 is 31.2 Å². The number of nitrogen functional groups attached to an aromatic ring is 1. The number of primary amides is 1. The van der Waals surface area contributed by atoms with E-state index in [-0.39, 0.29) is 18.1 Å². The topological polar surface area (TPSA) is 120 Å². The van der Waals surface area contributed by atoms with Crippen LogP contribution >= 0.6 is 0 Å². The summed E-state index contributed by atoms with van der Waals surface area (Å²) in [5.74, 6) is -0.234. The van der Waals surface area contributed by atoms with Gasteiger partial charge in [0.05, 0.1) is 17.4 Å². The molecule has 154 valence electrons. The Morgan fingerprint density at radius 1 is 1.17 bits per heavy atom. The van der Waals surface area contributed by atoms with Crippen LogP contribution in [0.4, 0.5) is 21.9 Å².